The average molecular weight is 426 g/mol. The summed E-state index contributed by atoms with van der Waals surface area (Å²) in [7, 11) is 1.78. The van der Waals surface area contributed by atoms with E-state index in [1.165, 1.54) is 11.1 Å². The normalized spacial score (nSPS) is 20.4. The molecule has 0 aliphatic carbocycles. The van der Waals surface area contributed by atoms with E-state index in [1.807, 2.05) is 18.2 Å². The van der Waals surface area contributed by atoms with Crippen LogP contribution in [0, 0.1) is 12.8 Å². The van der Waals surface area contributed by atoms with Crippen molar-refractivity contribution < 1.29 is 18.9 Å². The Morgan fingerprint density at radius 1 is 1.10 bits per heavy atom. The van der Waals surface area contributed by atoms with Crippen molar-refractivity contribution in [3.8, 4) is 17.2 Å². The molecule has 0 saturated carbocycles. The highest BCUT2D eigenvalue weighted by atomic mass is 16.7. The standard InChI is InChI=1S/C24H31N3O4/c1-17-5-7-18(8-6-17)23-19(4-3-12-29-23)15-27-24(25-2)26-11-13-28-20-9-10-21-22(14-20)31-16-30-21/h5-10,14,19,23H,3-4,11-13,15-16H2,1-2H3,(H2,25,26,27). The molecule has 1 fully saturated rings. The number of hydrogen-bond acceptors (Lipinski definition) is 5. The average Bonchev–Trinajstić information content (AvgIpc) is 3.27. The summed E-state index contributed by atoms with van der Waals surface area (Å²) >= 11 is 0. The molecule has 2 aromatic carbocycles. The Morgan fingerprint density at radius 2 is 1.94 bits per heavy atom. The molecule has 4 rings (SSSR count). The predicted octanol–water partition coefficient (Wildman–Crippen LogP) is 3.44. The second-order valence-electron chi connectivity index (χ2n) is 7.85. The summed E-state index contributed by atoms with van der Waals surface area (Å²) in [4.78, 5) is 4.34. The number of fused-ring (bicyclic) bond motifs is 1. The van der Waals surface area contributed by atoms with E-state index in [0.717, 1.165) is 49.2 Å². The summed E-state index contributed by atoms with van der Waals surface area (Å²) in [6, 6.07) is 14.3. The van der Waals surface area contributed by atoms with Crippen LogP contribution in [0.3, 0.4) is 0 Å². The molecule has 31 heavy (non-hydrogen) atoms. The number of benzene rings is 2. The minimum absolute atomic E-state index is 0.120. The van der Waals surface area contributed by atoms with Crippen molar-refractivity contribution in [1.82, 2.24) is 10.6 Å². The molecule has 0 bridgehead atoms. The fourth-order valence-corrected chi connectivity index (χ4v) is 3.93. The molecule has 2 aliphatic heterocycles. The first-order chi connectivity index (χ1) is 15.2. The SMILES string of the molecule is CN=C(NCCOc1ccc2c(c1)OCO2)NCC1CCCOC1c1ccc(C)cc1. The van der Waals surface area contributed by atoms with Gasteiger partial charge in [0, 0.05) is 32.2 Å². The first-order valence-corrected chi connectivity index (χ1v) is 10.9. The lowest BCUT2D eigenvalue weighted by molar-refractivity contribution is -0.0265. The molecule has 1 saturated heterocycles. The number of hydrogen-bond donors (Lipinski definition) is 2. The van der Waals surface area contributed by atoms with Gasteiger partial charge in [-0.1, -0.05) is 29.8 Å². The van der Waals surface area contributed by atoms with Gasteiger partial charge in [0.05, 0.1) is 12.6 Å². The van der Waals surface area contributed by atoms with Gasteiger partial charge in [0.15, 0.2) is 17.5 Å². The van der Waals surface area contributed by atoms with Crippen molar-refractivity contribution in [3.05, 3.63) is 53.6 Å². The largest absolute Gasteiger partial charge is 0.492 e. The van der Waals surface area contributed by atoms with Crippen molar-refractivity contribution >= 4 is 5.96 Å². The Bertz CT molecular complexity index is 885. The Morgan fingerprint density at radius 3 is 2.77 bits per heavy atom. The van der Waals surface area contributed by atoms with E-state index in [9.17, 15) is 0 Å². The second-order valence-corrected chi connectivity index (χ2v) is 7.85. The minimum Gasteiger partial charge on any atom is -0.492 e. The number of ether oxygens (including phenoxy) is 4. The summed E-state index contributed by atoms with van der Waals surface area (Å²) in [6.07, 6.45) is 2.34. The molecule has 0 radical (unpaired) electrons. The van der Waals surface area contributed by atoms with E-state index >= 15 is 0 Å². The van der Waals surface area contributed by atoms with E-state index in [4.69, 9.17) is 18.9 Å². The Balaban J connectivity index is 1.22. The third-order valence-corrected chi connectivity index (χ3v) is 5.61. The fourth-order valence-electron chi connectivity index (χ4n) is 3.93. The highest BCUT2D eigenvalue weighted by molar-refractivity contribution is 5.79. The van der Waals surface area contributed by atoms with Gasteiger partial charge in [-0.15, -0.1) is 0 Å². The molecule has 2 aliphatic rings. The minimum atomic E-state index is 0.120. The van der Waals surface area contributed by atoms with Gasteiger partial charge in [-0.3, -0.25) is 4.99 Å². The number of aryl methyl sites for hydroxylation is 1. The van der Waals surface area contributed by atoms with Crippen molar-refractivity contribution in [1.29, 1.82) is 0 Å². The number of nitrogens with one attached hydrogen (secondary N) is 2. The lowest BCUT2D eigenvalue weighted by Crippen LogP contribution is -2.43. The zero-order valence-electron chi connectivity index (χ0n) is 18.2. The molecule has 0 amide bonds. The summed E-state index contributed by atoms with van der Waals surface area (Å²) in [5, 5.41) is 6.76. The number of guanidine groups is 1. The Labute approximate surface area is 183 Å². The Kier molecular flexibility index (Phi) is 7.14. The topological polar surface area (TPSA) is 73.3 Å². The molecule has 0 aromatic heterocycles. The smallest absolute Gasteiger partial charge is 0.231 e. The molecule has 2 heterocycles. The van der Waals surface area contributed by atoms with Gasteiger partial charge in [0.2, 0.25) is 6.79 Å². The molecule has 0 spiro atoms. The van der Waals surface area contributed by atoms with E-state index in [1.54, 1.807) is 7.05 Å². The van der Waals surface area contributed by atoms with E-state index in [-0.39, 0.29) is 12.9 Å². The first kappa shape index (κ1) is 21.3. The van der Waals surface area contributed by atoms with Crippen LogP contribution in [0.25, 0.3) is 0 Å². The predicted molar refractivity (Wildman–Crippen MR) is 120 cm³/mol. The Hall–Kier alpha value is -2.93. The number of nitrogens with zero attached hydrogens (tertiary/aromatic N) is 1. The molecule has 2 aromatic rings. The highest BCUT2D eigenvalue weighted by Gasteiger charge is 2.27. The van der Waals surface area contributed by atoms with Gasteiger partial charge in [0.1, 0.15) is 12.4 Å². The molecule has 2 N–H and O–H groups in total. The first-order valence-electron chi connectivity index (χ1n) is 10.9. The van der Waals surface area contributed by atoms with Crippen LogP contribution in [0.2, 0.25) is 0 Å². The van der Waals surface area contributed by atoms with Crippen molar-refractivity contribution in [3.63, 3.8) is 0 Å². The lowest BCUT2D eigenvalue weighted by Gasteiger charge is -2.32. The van der Waals surface area contributed by atoms with E-state index in [0.29, 0.717) is 19.1 Å². The molecule has 7 nitrogen and oxygen atoms in total. The van der Waals surface area contributed by atoms with Gasteiger partial charge in [-0.2, -0.15) is 0 Å². The van der Waals surface area contributed by atoms with Crippen molar-refractivity contribution in [2.24, 2.45) is 10.9 Å². The highest BCUT2D eigenvalue weighted by Crippen LogP contribution is 2.35. The van der Waals surface area contributed by atoms with Gasteiger partial charge < -0.3 is 29.6 Å². The maximum atomic E-state index is 6.12. The van der Waals surface area contributed by atoms with Gasteiger partial charge in [-0.05, 0) is 37.5 Å². The van der Waals surface area contributed by atoms with Crippen LogP contribution in [0.4, 0.5) is 0 Å². The van der Waals surface area contributed by atoms with Crippen LogP contribution in [0.15, 0.2) is 47.5 Å². The number of rotatable bonds is 7. The molecule has 7 heteroatoms. The van der Waals surface area contributed by atoms with Crippen molar-refractivity contribution in [2.75, 3.05) is 40.1 Å². The van der Waals surface area contributed by atoms with Gasteiger partial charge >= 0.3 is 0 Å². The summed E-state index contributed by atoms with van der Waals surface area (Å²) in [5.74, 6) is 3.41. The second kappa shape index (κ2) is 10.4. The lowest BCUT2D eigenvalue weighted by atomic mass is 9.89. The molecule has 2 atom stereocenters. The summed E-state index contributed by atoms with van der Waals surface area (Å²) in [6.45, 7) is 5.14. The van der Waals surface area contributed by atoms with Gasteiger partial charge in [0.25, 0.3) is 0 Å². The molecule has 166 valence electrons. The monoisotopic (exact) mass is 425 g/mol. The zero-order valence-corrected chi connectivity index (χ0v) is 18.2. The third kappa shape index (κ3) is 5.61. The van der Waals surface area contributed by atoms with Crippen LogP contribution < -0.4 is 24.8 Å². The van der Waals surface area contributed by atoms with E-state index in [2.05, 4.69) is 46.8 Å². The number of aliphatic imine (C=N–C) groups is 1. The molecular weight excluding hydrogens is 394 g/mol. The van der Waals surface area contributed by atoms with Gasteiger partial charge in [-0.25, -0.2) is 0 Å². The van der Waals surface area contributed by atoms with E-state index < -0.39 is 0 Å². The fraction of sp³-hybridized carbons (Fsp3) is 0.458. The summed E-state index contributed by atoms with van der Waals surface area (Å²) < 4.78 is 22.6. The van der Waals surface area contributed by atoms with Crippen molar-refractivity contribution in [2.45, 2.75) is 25.9 Å². The summed E-state index contributed by atoms with van der Waals surface area (Å²) in [5.41, 5.74) is 2.51. The van der Waals surface area contributed by atoms with Crippen LogP contribution in [0.1, 0.15) is 30.1 Å². The molecular formula is C24H31N3O4. The molecule has 2 unspecified atom stereocenters. The van der Waals surface area contributed by atoms with Crippen LogP contribution in [-0.4, -0.2) is 46.1 Å². The quantitative estimate of drug-likeness (QED) is 0.402. The van der Waals surface area contributed by atoms with Crippen LogP contribution >= 0.6 is 0 Å². The van der Waals surface area contributed by atoms with Crippen LogP contribution in [0.5, 0.6) is 17.2 Å². The van der Waals surface area contributed by atoms with Crippen LogP contribution in [-0.2, 0) is 4.74 Å². The maximum absolute atomic E-state index is 6.12. The maximum Gasteiger partial charge on any atom is 0.231 e. The third-order valence-electron chi connectivity index (χ3n) is 5.61. The zero-order chi connectivity index (χ0) is 21.5.